The van der Waals surface area contributed by atoms with Crippen LogP contribution < -0.4 is 11.1 Å². The highest BCUT2D eigenvalue weighted by Gasteiger charge is 2.13. The van der Waals surface area contributed by atoms with E-state index in [9.17, 15) is 4.39 Å². The maximum Gasteiger partial charge on any atom is 0.134 e. The minimum Gasteiger partial charge on any atom is -0.397 e. The zero-order valence-corrected chi connectivity index (χ0v) is 8.87. The zero-order chi connectivity index (χ0) is 11.5. The highest BCUT2D eigenvalue weighted by Crippen LogP contribution is 2.33. The Bertz CT molecular complexity index is 497. The average Bonchev–Trinajstić information content (AvgIpc) is 2.33. The molecule has 3 N–H and O–H groups in total. The van der Waals surface area contributed by atoms with Crippen LogP contribution in [-0.2, 0) is 0 Å². The van der Waals surface area contributed by atoms with Crippen molar-refractivity contribution in [1.29, 1.82) is 0 Å². The molecular formula is C12H12FN3. The highest BCUT2D eigenvalue weighted by molar-refractivity contribution is 5.84. The molecule has 1 aromatic carbocycles. The molecule has 2 rings (SSSR count). The lowest BCUT2D eigenvalue weighted by molar-refractivity contribution is 0.631. The van der Waals surface area contributed by atoms with Gasteiger partial charge in [-0.25, -0.2) is 4.39 Å². The normalized spacial score (nSPS) is 10.1. The number of nitrogens with two attached hydrogens (primary N) is 1. The van der Waals surface area contributed by atoms with Crippen LogP contribution >= 0.6 is 0 Å². The van der Waals surface area contributed by atoms with E-state index in [-0.39, 0.29) is 5.82 Å². The lowest BCUT2D eigenvalue weighted by Gasteiger charge is -2.12. The Kier molecular flexibility index (Phi) is 2.72. The van der Waals surface area contributed by atoms with Crippen LogP contribution in [0.5, 0.6) is 0 Å². The number of nitrogen functional groups attached to an aromatic ring is 1. The Morgan fingerprint density at radius 3 is 2.69 bits per heavy atom. The number of hydrogen-bond acceptors (Lipinski definition) is 3. The largest absolute Gasteiger partial charge is 0.397 e. The predicted molar refractivity (Wildman–Crippen MR) is 63.6 cm³/mol. The van der Waals surface area contributed by atoms with Gasteiger partial charge >= 0.3 is 0 Å². The van der Waals surface area contributed by atoms with Gasteiger partial charge in [-0.15, -0.1) is 0 Å². The first-order chi connectivity index (χ1) is 7.74. The summed E-state index contributed by atoms with van der Waals surface area (Å²) in [6, 6.07) is 8.23. The smallest absolute Gasteiger partial charge is 0.134 e. The fraction of sp³-hybridized carbons (Fsp3) is 0.0833. The van der Waals surface area contributed by atoms with Crippen LogP contribution in [0.3, 0.4) is 0 Å². The zero-order valence-electron chi connectivity index (χ0n) is 8.87. The van der Waals surface area contributed by atoms with E-state index in [0.29, 0.717) is 22.6 Å². The molecule has 0 saturated heterocycles. The topological polar surface area (TPSA) is 50.9 Å². The Labute approximate surface area is 93.1 Å². The van der Waals surface area contributed by atoms with Crippen molar-refractivity contribution >= 4 is 11.4 Å². The fourth-order valence-corrected chi connectivity index (χ4v) is 1.62. The molecule has 0 spiro atoms. The van der Waals surface area contributed by atoms with Crippen LogP contribution in [-0.4, -0.2) is 12.0 Å². The Morgan fingerprint density at radius 1 is 1.25 bits per heavy atom. The number of nitrogens with one attached hydrogen (secondary N) is 1. The van der Waals surface area contributed by atoms with Crippen molar-refractivity contribution in [2.45, 2.75) is 0 Å². The fourth-order valence-electron chi connectivity index (χ4n) is 1.62. The predicted octanol–water partition coefficient (Wildman–Crippen LogP) is 2.51. The SMILES string of the molecule is CNc1c(N)ccc(F)c1-c1ccccn1. The molecule has 0 saturated carbocycles. The van der Waals surface area contributed by atoms with Gasteiger partial charge in [-0.1, -0.05) is 6.07 Å². The lowest BCUT2D eigenvalue weighted by atomic mass is 10.1. The van der Waals surface area contributed by atoms with Gasteiger partial charge in [0.05, 0.1) is 22.6 Å². The van der Waals surface area contributed by atoms with Crippen molar-refractivity contribution < 1.29 is 4.39 Å². The standard InChI is InChI=1S/C12H12FN3/c1-15-12-9(14)6-5-8(13)11(12)10-4-2-3-7-16-10/h2-7,15H,14H2,1H3. The minimum absolute atomic E-state index is 0.336. The van der Waals surface area contributed by atoms with Gasteiger partial charge in [-0.05, 0) is 24.3 Å². The summed E-state index contributed by atoms with van der Waals surface area (Å²) in [6.45, 7) is 0. The summed E-state index contributed by atoms with van der Waals surface area (Å²) in [4.78, 5) is 4.12. The average molecular weight is 217 g/mol. The third kappa shape index (κ3) is 1.69. The number of nitrogens with zero attached hydrogens (tertiary/aromatic N) is 1. The molecule has 3 nitrogen and oxygen atoms in total. The molecule has 0 radical (unpaired) electrons. The molecule has 4 heteroatoms. The monoisotopic (exact) mass is 217 g/mol. The summed E-state index contributed by atoms with van der Waals surface area (Å²) in [5.74, 6) is -0.336. The lowest BCUT2D eigenvalue weighted by Crippen LogP contribution is -2.01. The van der Waals surface area contributed by atoms with E-state index in [1.54, 1.807) is 25.4 Å². The van der Waals surface area contributed by atoms with Crippen LogP contribution in [0.2, 0.25) is 0 Å². The van der Waals surface area contributed by atoms with Crippen LogP contribution in [0.15, 0.2) is 36.5 Å². The Morgan fingerprint density at radius 2 is 2.06 bits per heavy atom. The van der Waals surface area contributed by atoms with E-state index in [1.807, 2.05) is 6.07 Å². The number of rotatable bonds is 2. The quantitative estimate of drug-likeness (QED) is 0.760. The number of halogens is 1. The molecule has 1 heterocycles. The first-order valence-corrected chi connectivity index (χ1v) is 4.91. The summed E-state index contributed by atoms with van der Waals surface area (Å²) in [7, 11) is 1.71. The molecule has 0 aliphatic carbocycles. The van der Waals surface area contributed by atoms with Crippen molar-refractivity contribution in [2.75, 3.05) is 18.1 Å². The van der Waals surface area contributed by atoms with Gasteiger partial charge in [0.15, 0.2) is 0 Å². The number of pyridine rings is 1. The summed E-state index contributed by atoms with van der Waals surface area (Å²) in [5, 5.41) is 2.90. The molecule has 16 heavy (non-hydrogen) atoms. The summed E-state index contributed by atoms with van der Waals surface area (Å²) in [5.41, 5.74) is 7.83. The third-order valence-corrected chi connectivity index (χ3v) is 2.36. The van der Waals surface area contributed by atoms with E-state index in [4.69, 9.17) is 5.73 Å². The number of hydrogen-bond donors (Lipinski definition) is 2. The van der Waals surface area contributed by atoms with Gasteiger partial charge in [-0.2, -0.15) is 0 Å². The summed E-state index contributed by atoms with van der Waals surface area (Å²) in [6.07, 6.45) is 1.62. The van der Waals surface area contributed by atoms with Gasteiger partial charge in [-0.3, -0.25) is 4.98 Å². The third-order valence-electron chi connectivity index (χ3n) is 2.36. The first kappa shape index (κ1) is 10.4. The summed E-state index contributed by atoms with van der Waals surface area (Å²) >= 11 is 0. The Hall–Kier alpha value is -2.10. The maximum atomic E-state index is 13.8. The Balaban J connectivity index is 2.68. The number of anilines is 2. The molecule has 2 aromatic rings. The molecular weight excluding hydrogens is 205 g/mol. The van der Waals surface area contributed by atoms with Crippen LogP contribution in [0.25, 0.3) is 11.3 Å². The van der Waals surface area contributed by atoms with Crippen LogP contribution in [0.1, 0.15) is 0 Å². The molecule has 0 fully saturated rings. The van der Waals surface area contributed by atoms with Crippen molar-refractivity contribution in [3.05, 3.63) is 42.3 Å². The van der Waals surface area contributed by atoms with Crippen LogP contribution in [0, 0.1) is 5.82 Å². The van der Waals surface area contributed by atoms with Crippen molar-refractivity contribution in [2.24, 2.45) is 0 Å². The van der Waals surface area contributed by atoms with Crippen molar-refractivity contribution in [3.63, 3.8) is 0 Å². The minimum atomic E-state index is -0.336. The maximum absolute atomic E-state index is 13.8. The molecule has 0 aliphatic heterocycles. The second-order valence-electron chi connectivity index (χ2n) is 3.35. The molecule has 0 unspecified atom stereocenters. The van der Waals surface area contributed by atoms with Crippen molar-refractivity contribution in [1.82, 2.24) is 4.98 Å². The van der Waals surface area contributed by atoms with E-state index < -0.39 is 0 Å². The van der Waals surface area contributed by atoms with Gasteiger partial charge < -0.3 is 11.1 Å². The molecule has 0 amide bonds. The van der Waals surface area contributed by atoms with Gasteiger partial charge in [0.25, 0.3) is 0 Å². The summed E-state index contributed by atoms with van der Waals surface area (Å²) < 4.78 is 13.8. The number of benzene rings is 1. The first-order valence-electron chi connectivity index (χ1n) is 4.91. The van der Waals surface area contributed by atoms with Gasteiger partial charge in [0, 0.05) is 13.2 Å². The van der Waals surface area contributed by atoms with Gasteiger partial charge in [0.1, 0.15) is 5.82 Å². The molecule has 0 bridgehead atoms. The van der Waals surface area contributed by atoms with E-state index >= 15 is 0 Å². The van der Waals surface area contributed by atoms with E-state index in [1.165, 1.54) is 12.1 Å². The van der Waals surface area contributed by atoms with Crippen molar-refractivity contribution in [3.8, 4) is 11.3 Å². The molecule has 82 valence electrons. The van der Waals surface area contributed by atoms with E-state index in [2.05, 4.69) is 10.3 Å². The highest BCUT2D eigenvalue weighted by atomic mass is 19.1. The molecule has 0 aliphatic rings. The second-order valence-corrected chi connectivity index (χ2v) is 3.35. The van der Waals surface area contributed by atoms with Gasteiger partial charge in [0.2, 0.25) is 0 Å². The van der Waals surface area contributed by atoms with E-state index in [0.717, 1.165) is 0 Å². The molecule has 0 atom stereocenters. The number of aromatic nitrogens is 1. The second kappa shape index (κ2) is 4.18. The van der Waals surface area contributed by atoms with Crippen LogP contribution in [0.4, 0.5) is 15.8 Å². The molecule has 1 aromatic heterocycles.